The molecule has 0 amide bonds. The fraction of sp³-hybridized carbons (Fsp3) is 0.500. The Balaban J connectivity index is 2.99. The van der Waals surface area contributed by atoms with Crippen molar-refractivity contribution in [2.45, 2.75) is 13.3 Å². The standard InChI is InChI=1S/C4H8O4/c1-3-4(2)6-8-7-5/h5H,2-3H2,1H3. The first-order valence-electron chi connectivity index (χ1n) is 2.13. The van der Waals surface area contributed by atoms with E-state index < -0.39 is 0 Å². The summed E-state index contributed by atoms with van der Waals surface area (Å²) >= 11 is 0. The normalized spacial score (nSPS) is 8.75. The zero-order valence-corrected chi connectivity index (χ0v) is 4.59. The molecule has 0 aromatic heterocycles. The molecule has 0 fully saturated rings. The van der Waals surface area contributed by atoms with Gasteiger partial charge in [0.15, 0.2) is 0 Å². The second-order valence-corrected chi connectivity index (χ2v) is 1.12. The molecule has 0 aliphatic rings. The van der Waals surface area contributed by atoms with Crippen LogP contribution < -0.4 is 0 Å². The lowest BCUT2D eigenvalue weighted by Gasteiger charge is -1.97. The molecule has 0 rings (SSSR count). The highest BCUT2D eigenvalue weighted by Gasteiger charge is 1.88. The van der Waals surface area contributed by atoms with Gasteiger partial charge in [0.25, 0.3) is 0 Å². The van der Waals surface area contributed by atoms with Gasteiger partial charge in [-0.3, -0.25) is 0 Å². The lowest BCUT2D eigenvalue weighted by Crippen LogP contribution is -1.90. The van der Waals surface area contributed by atoms with Gasteiger partial charge in [-0.25, -0.2) is 5.26 Å². The predicted octanol–water partition coefficient (Wildman–Crippen LogP) is 1.26. The number of hydrogen-bond donors (Lipinski definition) is 1. The zero-order chi connectivity index (χ0) is 6.41. The molecule has 48 valence electrons. The topological polar surface area (TPSA) is 47.9 Å². The van der Waals surface area contributed by atoms with Crippen molar-refractivity contribution in [3.63, 3.8) is 0 Å². The molecule has 0 saturated carbocycles. The van der Waals surface area contributed by atoms with Crippen molar-refractivity contribution < 1.29 is 20.2 Å². The Labute approximate surface area is 47.1 Å². The summed E-state index contributed by atoms with van der Waals surface area (Å²) in [5.41, 5.74) is 0. The Morgan fingerprint density at radius 2 is 2.38 bits per heavy atom. The van der Waals surface area contributed by atoms with Gasteiger partial charge < -0.3 is 4.89 Å². The molecule has 0 aromatic rings. The molecule has 0 bridgehead atoms. The quantitative estimate of drug-likeness (QED) is 0.344. The van der Waals surface area contributed by atoms with Crippen LogP contribution in [-0.2, 0) is 15.0 Å². The van der Waals surface area contributed by atoms with Crippen LogP contribution in [0.3, 0.4) is 0 Å². The van der Waals surface area contributed by atoms with Crippen LogP contribution in [-0.4, -0.2) is 5.26 Å². The van der Waals surface area contributed by atoms with Gasteiger partial charge in [-0.15, -0.1) is 0 Å². The molecule has 0 spiro atoms. The van der Waals surface area contributed by atoms with Crippen LogP contribution in [0, 0.1) is 0 Å². The lowest BCUT2D eigenvalue weighted by molar-refractivity contribution is -0.613. The van der Waals surface area contributed by atoms with Crippen LogP contribution >= 0.6 is 0 Å². The predicted molar refractivity (Wildman–Crippen MR) is 25.3 cm³/mol. The molecule has 0 aromatic carbocycles. The van der Waals surface area contributed by atoms with Crippen molar-refractivity contribution in [3.05, 3.63) is 12.3 Å². The van der Waals surface area contributed by atoms with Crippen LogP contribution in [0.5, 0.6) is 0 Å². The second kappa shape index (κ2) is 4.58. The van der Waals surface area contributed by atoms with E-state index in [1.54, 1.807) is 0 Å². The van der Waals surface area contributed by atoms with E-state index in [4.69, 9.17) is 5.26 Å². The highest BCUT2D eigenvalue weighted by atomic mass is 17.6. The van der Waals surface area contributed by atoms with Crippen LogP contribution in [0.15, 0.2) is 12.3 Å². The van der Waals surface area contributed by atoms with Crippen molar-refractivity contribution in [2.75, 3.05) is 0 Å². The Hall–Kier alpha value is -0.580. The summed E-state index contributed by atoms with van der Waals surface area (Å²) in [7, 11) is 0. The Bertz CT molecular complexity index is 70.4. The third kappa shape index (κ3) is 3.60. The first kappa shape index (κ1) is 7.42. The number of hydrogen-bond acceptors (Lipinski definition) is 4. The van der Waals surface area contributed by atoms with E-state index >= 15 is 0 Å². The molecule has 0 aliphatic carbocycles. The van der Waals surface area contributed by atoms with Crippen LogP contribution in [0.2, 0.25) is 0 Å². The molecule has 0 heterocycles. The highest BCUT2D eigenvalue weighted by molar-refractivity contribution is 4.76. The third-order valence-corrected chi connectivity index (χ3v) is 0.577. The molecule has 8 heavy (non-hydrogen) atoms. The smallest absolute Gasteiger partial charge is 0.138 e. The van der Waals surface area contributed by atoms with E-state index in [0.29, 0.717) is 12.2 Å². The SMILES string of the molecule is C=C(CC)OOOO. The van der Waals surface area contributed by atoms with Gasteiger partial charge in [0, 0.05) is 11.5 Å². The minimum Gasteiger partial charge on any atom is -0.311 e. The van der Waals surface area contributed by atoms with Gasteiger partial charge in [0.2, 0.25) is 0 Å². The molecular formula is C4H8O4. The van der Waals surface area contributed by atoms with Crippen molar-refractivity contribution in [1.82, 2.24) is 0 Å². The van der Waals surface area contributed by atoms with E-state index in [-0.39, 0.29) is 0 Å². The van der Waals surface area contributed by atoms with E-state index in [9.17, 15) is 0 Å². The van der Waals surface area contributed by atoms with Crippen molar-refractivity contribution in [2.24, 2.45) is 0 Å². The van der Waals surface area contributed by atoms with Crippen LogP contribution in [0.4, 0.5) is 0 Å². The summed E-state index contributed by atoms with van der Waals surface area (Å²) in [6, 6.07) is 0. The minimum atomic E-state index is 0.388. The molecule has 0 aliphatic heterocycles. The third-order valence-electron chi connectivity index (χ3n) is 0.577. The molecule has 0 unspecified atom stereocenters. The van der Waals surface area contributed by atoms with Gasteiger partial charge in [-0.05, 0) is 5.04 Å². The summed E-state index contributed by atoms with van der Waals surface area (Å²) in [5, 5.41) is 14.3. The summed E-state index contributed by atoms with van der Waals surface area (Å²) in [5.74, 6) is 0.388. The molecule has 0 saturated heterocycles. The first-order chi connectivity index (χ1) is 3.81. The molecular weight excluding hydrogens is 112 g/mol. The summed E-state index contributed by atoms with van der Waals surface area (Å²) in [6.45, 7) is 5.19. The summed E-state index contributed by atoms with van der Waals surface area (Å²) < 4.78 is 0. The van der Waals surface area contributed by atoms with E-state index in [0.717, 1.165) is 0 Å². The largest absolute Gasteiger partial charge is 0.311 e. The Morgan fingerprint density at radius 3 is 2.75 bits per heavy atom. The number of allylic oxidation sites excluding steroid dienone is 1. The second-order valence-electron chi connectivity index (χ2n) is 1.12. The molecule has 4 nitrogen and oxygen atoms in total. The zero-order valence-electron chi connectivity index (χ0n) is 4.59. The Kier molecular flexibility index (Phi) is 4.24. The van der Waals surface area contributed by atoms with Crippen molar-refractivity contribution >= 4 is 0 Å². The van der Waals surface area contributed by atoms with Gasteiger partial charge in [-0.1, -0.05) is 13.5 Å². The molecule has 0 atom stereocenters. The van der Waals surface area contributed by atoms with Gasteiger partial charge >= 0.3 is 0 Å². The average molecular weight is 120 g/mol. The fourth-order valence-corrected chi connectivity index (χ4v) is 0.122. The monoisotopic (exact) mass is 120 g/mol. The van der Waals surface area contributed by atoms with Crippen LogP contribution in [0.25, 0.3) is 0 Å². The first-order valence-corrected chi connectivity index (χ1v) is 2.13. The maximum atomic E-state index is 7.52. The average Bonchev–Trinajstić information content (AvgIpc) is 1.83. The van der Waals surface area contributed by atoms with Gasteiger partial charge in [0.05, 0.1) is 0 Å². The van der Waals surface area contributed by atoms with E-state index in [2.05, 4.69) is 21.5 Å². The lowest BCUT2D eigenvalue weighted by atomic mass is 10.4. The van der Waals surface area contributed by atoms with Crippen molar-refractivity contribution in [1.29, 1.82) is 0 Å². The molecule has 0 radical (unpaired) electrons. The van der Waals surface area contributed by atoms with Gasteiger partial charge in [0.1, 0.15) is 5.76 Å². The van der Waals surface area contributed by atoms with E-state index in [1.165, 1.54) is 0 Å². The Morgan fingerprint density at radius 1 is 1.75 bits per heavy atom. The van der Waals surface area contributed by atoms with E-state index in [1.807, 2.05) is 6.92 Å². The maximum absolute atomic E-state index is 7.52. The fourth-order valence-electron chi connectivity index (χ4n) is 0.122. The van der Waals surface area contributed by atoms with Gasteiger partial charge in [-0.2, -0.15) is 0 Å². The number of rotatable bonds is 4. The highest BCUT2D eigenvalue weighted by Crippen LogP contribution is 1.97. The maximum Gasteiger partial charge on any atom is 0.138 e. The molecule has 4 heteroatoms. The van der Waals surface area contributed by atoms with Crippen molar-refractivity contribution in [3.8, 4) is 0 Å². The minimum absolute atomic E-state index is 0.388. The summed E-state index contributed by atoms with van der Waals surface area (Å²) in [6.07, 6.45) is 0.614. The molecule has 1 N–H and O–H groups in total. The van der Waals surface area contributed by atoms with Crippen LogP contribution in [0.1, 0.15) is 13.3 Å². The summed E-state index contributed by atoms with van der Waals surface area (Å²) in [4.78, 5) is 4.17.